The van der Waals surface area contributed by atoms with E-state index in [1.807, 2.05) is 42.5 Å². The molecule has 1 amide bonds. The fraction of sp³-hybridized carbons (Fsp3) is 0.188. The molecule has 0 spiro atoms. The number of carbonyl (C=O) groups is 1. The van der Waals surface area contributed by atoms with Crippen LogP contribution in [0, 0.1) is 0 Å². The molecule has 0 bridgehead atoms. The minimum Gasteiger partial charge on any atom is -0.395 e. The fourth-order valence-electron chi connectivity index (χ4n) is 1.98. The van der Waals surface area contributed by atoms with Crippen LogP contribution < -0.4 is 0 Å². The van der Waals surface area contributed by atoms with Crippen molar-refractivity contribution in [3.8, 4) is 0 Å². The Morgan fingerprint density at radius 1 is 1.10 bits per heavy atom. The number of halogens is 1. The van der Waals surface area contributed by atoms with Gasteiger partial charge < -0.3 is 10.0 Å². The van der Waals surface area contributed by atoms with Gasteiger partial charge in [-0.05, 0) is 23.8 Å². The summed E-state index contributed by atoms with van der Waals surface area (Å²) < 4.78 is 0.868. The second-order valence-corrected chi connectivity index (χ2v) is 5.36. The zero-order valence-corrected chi connectivity index (χ0v) is 12.6. The molecule has 0 heterocycles. The third-order valence-electron chi connectivity index (χ3n) is 2.94. The predicted octanol–water partition coefficient (Wildman–Crippen LogP) is 3.08. The molecule has 0 aliphatic heterocycles. The normalized spacial score (nSPS) is 10.3. The molecular weight excluding hydrogens is 318 g/mol. The molecule has 4 heteroatoms. The molecule has 0 radical (unpaired) electrons. The van der Waals surface area contributed by atoms with Crippen LogP contribution >= 0.6 is 15.9 Å². The van der Waals surface area contributed by atoms with Crippen LogP contribution in [0.25, 0.3) is 0 Å². The van der Waals surface area contributed by atoms with E-state index in [4.69, 9.17) is 5.11 Å². The van der Waals surface area contributed by atoms with E-state index >= 15 is 0 Å². The molecule has 0 unspecified atom stereocenters. The molecule has 0 aromatic heterocycles. The fourth-order valence-corrected chi connectivity index (χ4v) is 2.38. The molecule has 0 atom stereocenters. The molecule has 0 aliphatic rings. The molecule has 20 heavy (non-hydrogen) atoms. The highest BCUT2D eigenvalue weighted by Crippen LogP contribution is 2.15. The van der Waals surface area contributed by atoms with E-state index in [1.54, 1.807) is 17.0 Å². The van der Waals surface area contributed by atoms with Crippen molar-refractivity contribution in [3.05, 3.63) is 70.2 Å². The number of hydrogen-bond acceptors (Lipinski definition) is 2. The molecule has 0 saturated carbocycles. The van der Waals surface area contributed by atoms with Crippen LogP contribution in [0.1, 0.15) is 15.9 Å². The van der Waals surface area contributed by atoms with E-state index < -0.39 is 0 Å². The summed E-state index contributed by atoms with van der Waals surface area (Å²) in [5.41, 5.74) is 1.66. The lowest BCUT2D eigenvalue weighted by atomic mass is 10.1. The van der Waals surface area contributed by atoms with Crippen molar-refractivity contribution in [2.24, 2.45) is 0 Å². The van der Waals surface area contributed by atoms with Gasteiger partial charge in [0.05, 0.1) is 6.61 Å². The van der Waals surface area contributed by atoms with Gasteiger partial charge in [0.25, 0.3) is 5.91 Å². The molecule has 104 valence electrons. The van der Waals surface area contributed by atoms with Crippen molar-refractivity contribution in [2.45, 2.75) is 6.54 Å². The van der Waals surface area contributed by atoms with E-state index in [-0.39, 0.29) is 12.5 Å². The van der Waals surface area contributed by atoms with Gasteiger partial charge in [-0.3, -0.25) is 4.79 Å². The first-order chi connectivity index (χ1) is 9.70. The molecule has 2 aromatic rings. The molecule has 0 fully saturated rings. The summed E-state index contributed by atoms with van der Waals surface area (Å²) in [6.45, 7) is 0.763. The number of rotatable bonds is 5. The summed E-state index contributed by atoms with van der Waals surface area (Å²) in [6, 6.07) is 17.0. The topological polar surface area (TPSA) is 40.5 Å². The highest BCUT2D eigenvalue weighted by Gasteiger charge is 2.15. The Bertz CT molecular complexity index is 572. The van der Waals surface area contributed by atoms with Crippen LogP contribution in [0.4, 0.5) is 0 Å². The highest BCUT2D eigenvalue weighted by atomic mass is 79.9. The number of aliphatic hydroxyl groups is 1. The highest BCUT2D eigenvalue weighted by molar-refractivity contribution is 9.10. The zero-order valence-electron chi connectivity index (χ0n) is 11.0. The van der Waals surface area contributed by atoms with E-state index in [9.17, 15) is 4.79 Å². The van der Waals surface area contributed by atoms with E-state index in [0.29, 0.717) is 18.7 Å². The third kappa shape index (κ3) is 3.92. The summed E-state index contributed by atoms with van der Waals surface area (Å²) in [5, 5.41) is 9.16. The second kappa shape index (κ2) is 7.22. The number of benzene rings is 2. The maximum Gasteiger partial charge on any atom is 0.254 e. The van der Waals surface area contributed by atoms with E-state index in [1.165, 1.54) is 0 Å². The average Bonchev–Trinajstić information content (AvgIpc) is 2.47. The number of carbonyl (C=O) groups excluding carboxylic acids is 1. The van der Waals surface area contributed by atoms with Crippen molar-refractivity contribution < 1.29 is 9.90 Å². The minimum absolute atomic E-state index is 0.0490. The number of aliphatic hydroxyl groups excluding tert-OH is 1. The molecule has 0 saturated heterocycles. The molecular formula is C16H16BrNO2. The maximum atomic E-state index is 12.5. The molecule has 1 N–H and O–H groups in total. The smallest absolute Gasteiger partial charge is 0.254 e. The van der Waals surface area contributed by atoms with Gasteiger partial charge in [0.1, 0.15) is 0 Å². The summed E-state index contributed by atoms with van der Waals surface area (Å²) in [4.78, 5) is 14.1. The largest absolute Gasteiger partial charge is 0.395 e. The lowest BCUT2D eigenvalue weighted by Crippen LogP contribution is -2.33. The Hall–Kier alpha value is -1.65. The van der Waals surface area contributed by atoms with Crippen molar-refractivity contribution in [1.82, 2.24) is 4.90 Å². The van der Waals surface area contributed by atoms with Crippen LogP contribution in [0.3, 0.4) is 0 Å². The Balaban J connectivity index is 2.18. The lowest BCUT2D eigenvalue weighted by Gasteiger charge is -2.22. The molecule has 2 rings (SSSR count). The van der Waals surface area contributed by atoms with Gasteiger partial charge >= 0.3 is 0 Å². The predicted molar refractivity (Wildman–Crippen MR) is 82.4 cm³/mol. The van der Waals surface area contributed by atoms with Crippen LogP contribution in [0.15, 0.2) is 59.1 Å². The van der Waals surface area contributed by atoms with Crippen LogP contribution in [-0.2, 0) is 6.54 Å². The van der Waals surface area contributed by atoms with Gasteiger partial charge in [-0.2, -0.15) is 0 Å². The number of hydrogen-bond donors (Lipinski definition) is 1. The van der Waals surface area contributed by atoms with E-state index in [0.717, 1.165) is 10.0 Å². The summed E-state index contributed by atoms with van der Waals surface area (Å²) in [7, 11) is 0. The molecule has 3 nitrogen and oxygen atoms in total. The van der Waals surface area contributed by atoms with Gasteiger partial charge in [-0.15, -0.1) is 0 Å². The van der Waals surface area contributed by atoms with Crippen LogP contribution in [-0.4, -0.2) is 29.1 Å². The Morgan fingerprint density at radius 2 is 1.85 bits per heavy atom. The quantitative estimate of drug-likeness (QED) is 0.913. The average molecular weight is 334 g/mol. The number of amides is 1. The molecule has 0 aliphatic carbocycles. The first-order valence-electron chi connectivity index (χ1n) is 6.40. The standard InChI is InChI=1S/C16H16BrNO2/c17-15-8-4-7-14(11-15)16(20)18(9-10-19)12-13-5-2-1-3-6-13/h1-8,11,19H,9-10,12H2. The Labute approximate surface area is 127 Å². The van der Waals surface area contributed by atoms with Crippen LogP contribution in [0.2, 0.25) is 0 Å². The van der Waals surface area contributed by atoms with Gasteiger partial charge in [-0.25, -0.2) is 0 Å². The summed E-state index contributed by atoms with van der Waals surface area (Å²) in [5.74, 6) is -0.0794. The van der Waals surface area contributed by atoms with Crippen molar-refractivity contribution >= 4 is 21.8 Å². The maximum absolute atomic E-state index is 12.5. The second-order valence-electron chi connectivity index (χ2n) is 4.45. The van der Waals surface area contributed by atoms with Crippen molar-refractivity contribution in [3.63, 3.8) is 0 Å². The Kier molecular flexibility index (Phi) is 5.32. The SMILES string of the molecule is O=C(c1cccc(Br)c1)N(CCO)Cc1ccccc1. The van der Waals surface area contributed by atoms with E-state index in [2.05, 4.69) is 15.9 Å². The lowest BCUT2D eigenvalue weighted by molar-refractivity contribution is 0.0708. The van der Waals surface area contributed by atoms with Crippen molar-refractivity contribution in [1.29, 1.82) is 0 Å². The van der Waals surface area contributed by atoms with Gasteiger partial charge in [0.15, 0.2) is 0 Å². The third-order valence-corrected chi connectivity index (χ3v) is 3.44. The first kappa shape index (κ1) is 14.8. The Morgan fingerprint density at radius 3 is 2.50 bits per heavy atom. The van der Waals surface area contributed by atoms with Crippen LogP contribution in [0.5, 0.6) is 0 Å². The zero-order chi connectivity index (χ0) is 14.4. The first-order valence-corrected chi connectivity index (χ1v) is 7.19. The monoisotopic (exact) mass is 333 g/mol. The minimum atomic E-state index is -0.0794. The summed E-state index contributed by atoms with van der Waals surface area (Å²) >= 11 is 3.37. The van der Waals surface area contributed by atoms with Gasteiger partial charge in [0, 0.05) is 23.1 Å². The van der Waals surface area contributed by atoms with Gasteiger partial charge in [-0.1, -0.05) is 52.3 Å². The van der Waals surface area contributed by atoms with Gasteiger partial charge in [0.2, 0.25) is 0 Å². The summed E-state index contributed by atoms with van der Waals surface area (Å²) in [6.07, 6.45) is 0. The van der Waals surface area contributed by atoms with Crippen molar-refractivity contribution in [2.75, 3.05) is 13.2 Å². The molecule has 2 aromatic carbocycles. The number of nitrogens with zero attached hydrogens (tertiary/aromatic N) is 1.